The highest BCUT2D eigenvalue weighted by atomic mass is 19.1. The third kappa shape index (κ3) is 5.44. The van der Waals surface area contributed by atoms with Gasteiger partial charge in [0.15, 0.2) is 0 Å². The minimum Gasteiger partial charge on any atom is -0.385 e. The largest absolute Gasteiger partial charge is 0.385 e. The van der Waals surface area contributed by atoms with Crippen LogP contribution in [0.15, 0.2) is 42.6 Å². The number of amides is 1. The number of carbonyl (C=O) groups excluding carboxylic acids is 1. The molecule has 180 valence electrons. The summed E-state index contributed by atoms with van der Waals surface area (Å²) < 4.78 is 20.7. The molecule has 1 aliphatic heterocycles. The summed E-state index contributed by atoms with van der Waals surface area (Å²) in [7, 11) is 1.68. The molecule has 0 spiro atoms. The SMILES string of the molecule is COCCCc1cc(-c2ccc(F)c(C)c2)nn1CC(=O)N1CCN(c2ncccc2C)CC1. The van der Waals surface area contributed by atoms with Crippen LogP contribution in [0.4, 0.5) is 10.2 Å². The van der Waals surface area contributed by atoms with E-state index in [2.05, 4.69) is 22.9 Å². The van der Waals surface area contributed by atoms with Crippen LogP contribution >= 0.6 is 0 Å². The van der Waals surface area contributed by atoms with Crippen LogP contribution in [-0.4, -0.2) is 65.5 Å². The van der Waals surface area contributed by atoms with Gasteiger partial charge in [0.05, 0.1) is 5.69 Å². The number of piperazine rings is 1. The fourth-order valence-electron chi connectivity index (χ4n) is 4.34. The zero-order valence-electron chi connectivity index (χ0n) is 20.1. The number of aryl methyl sites for hydroxylation is 3. The molecule has 1 amide bonds. The molecule has 0 N–H and O–H groups in total. The number of anilines is 1. The highest BCUT2D eigenvalue weighted by molar-refractivity contribution is 5.76. The zero-order valence-corrected chi connectivity index (χ0v) is 20.1. The van der Waals surface area contributed by atoms with Crippen molar-refractivity contribution in [2.75, 3.05) is 44.8 Å². The van der Waals surface area contributed by atoms with Gasteiger partial charge < -0.3 is 14.5 Å². The summed E-state index contributed by atoms with van der Waals surface area (Å²) in [6.45, 7) is 7.43. The van der Waals surface area contributed by atoms with Crippen molar-refractivity contribution in [2.45, 2.75) is 33.2 Å². The Labute approximate surface area is 200 Å². The number of hydrogen-bond acceptors (Lipinski definition) is 5. The molecule has 0 bridgehead atoms. The number of benzene rings is 1. The number of methoxy groups -OCH3 is 1. The first kappa shape index (κ1) is 23.9. The van der Waals surface area contributed by atoms with Crippen molar-refractivity contribution >= 4 is 11.7 Å². The minimum atomic E-state index is -0.237. The van der Waals surface area contributed by atoms with Gasteiger partial charge in [0.2, 0.25) is 5.91 Å². The van der Waals surface area contributed by atoms with Crippen molar-refractivity contribution in [3.8, 4) is 11.3 Å². The van der Waals surface area contributed by atoms with Crippen LogP contribution in [0.2, 0.25) is 0 Å². The van der Waals surface area contributed by atoms with Gasteiger partial charge in [-0.05, 0) is 68.1 Å². The number of ether oxygens (including phenoxy) is 1. The smallest absolute Gasteiger partial charge is 0.244 e. The Hall–Kier alpha value is -3.26. The van der Waals surface area contributed by atoms with E-state index in [0.29, 0.717) is 25.3 Å². The summed E-state index contributed by atoms with van der Waals surface area (Å²) in [5.74, 6) is 0.801. The van der Waals surface area contributed by atoms with Gasteiger partial charge in [-0.1, -0.05) is 6.07 Å². The van der Waals surface area contributed by atoms with Crippen molar-refractivity contribution in [3.05, 3.63) is 65.2 Å². The second-order valence-corrected chi connectivity index (χ2v) is 8.75. The lowest BCUT2D eigenvalue weighted by Crippen LogP contribution is -2.50. The van der Waals surface area contributed by atoms with E-state index in [4.69, 9.17) is 9.84 Å². The molecule has 0 unspecified atom stereocenters. The van der Waals surface area contributed by atoms with Gasteiger partial charge in [0.25, 0.3) is 0 Å². The summed E-state index contributed by atoms with van der Waals surface area (Å²) in [5, 5.41) is 4.72. The highest BCUT2D eigenvalue weighted by Crippen LogP contribution is 2.23. The van der Waals surface area contributed by atoms with Gasteiger partial charge in [-0.3, -0.25) is 9.48 Å². The van der Waals surface area contributed by atoms with Crippen LogP contribution in [0.25, 0.3) is 11.3 Å². The zero-order chi connectivity index (χ0) is 24.1. The van der Waals surface area contributed by atoms with E-state index >= 15 is 0 Å². The lowest BCUT2D eigenvalue weighted by molar-refractivity contribution is -0.132. The maximum Gasteiger partial charge on any atom is 0.244 e. The van der Waals surface area contributed by atoms with Crippen molar-refractivity contribution in [3.63, 3.8) is 0 Å². The monoisotopic (exact) mass is 465 g/mol. The minimum absolute atomic E-state index is 0.0512. The molecule has 8 heteroatoms. The van der Waals surface area contributed by atoms with E-state index in [1.165, 1.54) is 6.07 Å². The first-order valence-corrected chi connectivity index (χ1v) is 11.7. The Kier molecular flexibility index (Phi) is 7.57. The molecule has 7 nitrogen and oxygen atoms in total. The molecule has 4 rings (SSSR count). The van der Waals surface area contributed by atoms with E-state index in [0.717, 1.165) is 54.3 Å². The summed E-state index contributed by atoms with van der Waals surface area (Å²) in [6.07, 6.45) is 3.39. The first-order valence-electron chi connectivity index (χ1n) is 11.7. The third-order valence-electron chi connectivity index (χ3n) is 6.30. The average molecular weight is 466 g/mol. The number of rotatable bonds is 8. The Balaban J connectivity index is 1.46. The van der Waals surface area contributed by atoms with Crippen LogP contribution in [0, 0.1) is 19.7 Å². The molecule has 3 aromatic rings. The Morgan fingerprint density at radius 3 is 2.59 bits per heavy atom. The van der Waals surface area contributed by atoms with E-state index in [1.54, 1.807) is 30.8 Å². The van der Waals surface area contributed by atoms with Crippen LogP contribution in [0.3, 0.4) is 0 Å². The predicted octanol–water partition coefficient (Wildman–Crippen LogP) is 3.63. The maximum absolute atomic E-state index is 13.7. The molecule has 0 atom stereocenters. The first-order chi connectivity index (χ1) is 16.5. The molecule has 1 saturated heterocycles. The van der Waals surface area contributed by atoms with Gasteiger partial charge in [-0.25, -0.2) is 9.37 Å². The number of halogens is 1. The topological polar surface area (TPSA) is 63.5 Å². The molecule has 0 aliphatic carbocycles. The van der Waals surface area contributed by atoms with Crippen LogP contribution in [0.1, 0.15) is 23.2 Å². The van der Waals surface area contributed by atoms with E-state index in [-0.39, 0.29) is 18.3 Å². The fraction of sp³-hybridized carbons (Fsp3) is 0.423. The van der Waals surface area contributed by atoms with Crippen molar-refractivity contribution < 1.29 is 13.9 Å². The van der Waals surface area contributed by atoms with Gasteiger partial charge >= 0.3 is 0 Å². The molecule has 3 heterocycles. The molecule has 34 heavy (non-hydrogen) atoms. The Bertz CT molecular complexity index is 1140. The van der Waals surface area contributed by atoms with Gasteiger partial charge in [-0.15, -0.1) is 0 Å². The van der Waals surface area contributed by atoms with Crippen molar-refractivity contribution in [1.82, 2.24) is 19.7 Å². The van der Waals surface area contributed by atoms with Crippen molar-refractivity contribution in [1.29, 1.82) is 0 Å². The van der Waals surface area contributed by atoms with E-state index < -0.39 is 0 Å². The van der Waals surface area contributed by atoms with Gasteiger partial charge in [-0.2, -0.15) is 5.10 Å². The summed E-state index contributed by atoms with van der Waals surface area (Å²) in [5.41, 5.74) is 4.29. The molecular formula is C26H32FN5O2. The summed E-state index contributed by atoms with van der Waals surface area (Å²) in [4.78, 5) is 21.8. The van der Waals surface area contributed by atoms with Crippen LogP contribution < -0.4 is 4.90 Å². The quantitative estimate of drug-likeness (QED) is 0.476. The standard InChI is InChI=1S/C26H32FN5O2/c1-19-6-4-10-28-26(19)31-13-11-30(12-14-31)25(33)18-32-22(7-5-15-34-3)17-24(29-32)21-8-9-23(27)20(2)16-21/h4,6,8-10,16-17H,5,7,11-15,18H2,1-3H3. The predicted molar refractivity (Wildman–Crippen MR) is 130 cm³/mol. The molecule has 1 aliphatic rings. The summed E-state index contributed by atoms with van der Waals surface area (Å²) >= 11 is 0. The lowest BCUT2D eigenvalue weighted by atomic mass is 10.1. The highest BCUT2D eigenvalue weighted by Gasteiger charge is 2.24. The average Bonchev–Trinajstić information content (AvgIpc) is 3.24. The second-order valence-electron chi connectivity index (χ2n) is 8.75. The lowest BCUT2D eigenvalue weighted by Gasteiger charge is -2.36. The number of hydrogen-bond donors (Lipinski definition) is 0. The number of carbonyl (C=O) groups is 1. The van der Waals surface area contributed by atoms with Gasteiger partial charge in [0.1, 0.15) is 18.2 Å². The number of aromatic nitrogens is 3. The molecule has 0 radical (unpaired) electrons. The van der Waals surface area contributed by atoms with E-state index in [1.807, 2.05) is 23.2 Å². The van der Waals surface area contributed by atoms with Gasteiger partial charge in [0, 0.05) is 57.3 Å². The van der Waals surface area contributed by atoms with Crippen molar-refractivity contribution in [2.24, 2.45) is 0 Å². The van der Waals surface area contributed by atoms with E-state index in [9.17, 15) is 9.18 Å². The number of pyridine rings is 1. The Morgan fingerprint density at radius 1 is 1.09 bits per heavy atom. The molecule has 0 saturated carbocycles. The normalized spacial score (nSPS) is 14.0. The number of nitrogens with zero attached hydrogens (tertiary/aromatic N) is 5. The summed E-state index contributed by atoms with van der Waals surface area (Å²) in [6, 6.07) is 11.0. The molecule has 1 aromatic carbocycles. The fourth-order valence-corrected chi connectivity index (χ4v) is 4.34. The molecular weight excluding hydrogens is 433 g/mol. The van der Waals surface area contributed by atoms with Crippen LogP contribution in [-0.2, 0) is 22.5 Å². The molecule has 2 aromatic heterocycles. The van der Waals surface area contributed by atoms with Crippen LogP contribution in [0.5, 0.6) is 0 Å². The molecule has 1 fully saturated rings. The Morgan fingerprint density at radius 2 is 1.88 bits per heavy atom. The maximum atomic E-state index is 13.7. The third-order valence-corrected chi connectivity index (χ3v) is 6.30. The second kappa shape index (κ2) is 10.8.